The third kappa shape index (κ3) is 1.86. The molecule has 0 radical (unpaired) electrons. The van der Waals surface area contributed by atoms with E-state index in [-0.39, 0.29) is 6.42 Å². The summed E-state index contributed by atoms with van der Waals surface area (Å²) in [6.45, 7) is 3.83. The molecule has 94 valence electrons. The lowest BCUT2D eigenvalue weighted by molar-refractivity contribution is 0.0223. The maximum Gasteiger partial charge on any atom is 0.255 e. The van der Waals surface area contributed by atoms with Crippen molar-refractivity contribution >= 4 is 0 Å². The summed E-state index contributed by atoms with van der Waals surface area (Å²) in [4.78, 5) is 2.07. The number of nitrogens with zero attached hydrogens (tertiary/aromatic N) is 2. The van der Waals surface area contributed by atoms with Crippen molar-refractivity contribution in [2.45, 2.75) is 38.7 Å². The Morgan fingerprint density at radius 3 is 2.88 bits per heavy atom. The number of aryl methyl sites for hydroxylation is 1. The van der Waals surface area contributed by atoms with E-state index in [1.807, 2.05) is 13.0 Å². The molecule has 1 saturated heterocycles. The third-order valence-electron chi connectivity index (χ3n) is 3.93. The van der Waals surface area contributed by atoms with Crippen LogP contribution < -0.4 is 0 Å². The monoisotopic (exact) mass is 242 g/mol. The van der Waals surface area contributed by atoms with Gasteiger partial charge in [0.1, 0.15) is 5.76 Å². The summed E-state index contributed by atoms with van der Waals surface area (Å²) >= 11 is 0. The van der Waals surface area contributed by atoms with E-state index in [2.05, 4.69) is 10.1 Å². The van der Waals surface area contributed by atoms with Crippen molar-refractivity contribution in [1.82, 2.24) is 10.1 Å². The highest BCUT2D eigenvalue weighted by Gasteiger charge is 2.71. The van der Waals surface area contributed by atoms with Gasteiger partial charge >= 0.3 is 0 Å². The Kier molecular flexibility index (Phi) is 2.30. The number of likely N-dealkylation sites (tertiary alicyclic amines) is 1. The number of alkyl halides is 2. The van der Waals surface area contributed by atoms with Crippen molar-refractivity contribution in [3.8, 4) is 0 Å². The highest BCUT2D eigenvalue weighted by atomic mass is 19.3. The van der Waals surface area contributed by atoms with Crippen LogP contribution in [0.3, 0.4) is 0 Å². The van der Waals surface area contributed by atoms with Crippen LogP contribution >= 0.6 is 0 Å². The van der Waals surface area contributed by atoms with E-state index < -0.39 is 11.3 Å². The second-order valence-corrected chi connectivity index (χ2v) is 5.40. The van der Waals surface area contributed by atoms with Gasteiger partial charge in [-0.3, -0.25) is 4.90 Å². The van der Waals surface area contributed by atoms with Crippen molar-refractivity contribution in [3.63, 3.8) is 0 Å². The largest absolute Gasteiger partial charge is 0.361 e. The predicted molar refractivity (Wildman–Crippen MR) is 57.7 cm³/mol. The van der Waals surface area contributed by atoms with Gasteiger partial charge in [-0.25, -0.2) is 8.78 Å². The highest BCUT2D eigenvalue weighted by molar-refractivity contribution is 5.13. The third-order valence-corrected chi connectivity index (χ3v) is 3.93. The molecule has 5 heteroatoms. The summed E-state index contributed by atoms with van der Waals surface area (Å²) in [6, 6.07) is 1.87. The lowest BCUT2D eigenvalue weighted by Gasteiger charge is -2.32. The Bertz CT molecular complexity index is 432. The Morgan fingerprint density at radius 1 is 1.53 bits per heavy atom. The van der Waals surface area contributed by atoms with Gasteiger partial charge in [-0.15, -0.1) is 0 Å². The topological polar surface area (TPSA) is 29.3 Å². The molecule has 17 heavy (non-hydrogen) atoms. The zero-order valence-electron chi connectivity index (χ0n) is 9.88. The first-order chi connectivity index (χ1) is 8.01. The molecule has 1 aromatic rings. The molecule has 1 unspecified atom stereocenters. The van der Waals surface area contributed by atoms with Crippen molar-refractivity contribution in [2.75, 3.05) is 13.1 Å². The van der Waals surface area contributed by atoms with Crippen LogP contribution in [0.4, 0.5) is 8.78 Å². The van der Waals surface area contributed by atoms with Crippen LogP contribution in [0.25, 0.3) is 0 Å². The van der Waals surface area contributed by atoms with Gasteiger partial charge in [0.25, 0.3) is 5.92 Å². The maximum absolute atomic E-state index is 13.3. The molecular formula is C12H16F2N2O. The summed E-state index contributed by atoms with van der Waals surface area (Å²) in [5, 5.41) is 3.91. The number of aromatic nitrogens is 1. The first-order valence-electron chi connectivity index (χ1n) is 6.03. The molecule has 1 aliphatic heterocycles. The summed E-state index contributed by atoms with van der Waals surface area (Å²) in [7, 11) is 0. The van der Waals surface area contributed by atoms with E-state index in [4.69, 9.17) is 4.52 Å². The first kappa shape index (κ1) is 11.1. The van der Waals surface area contributed by atoms with Crippen LogP contribution in [0, 0.1) is 12.3 Å². The molecule has 2 heterocycles. The summed E-state index contributed by atoms with van der Waals surface area (Å²) in [5.41, 5.74) is 0.104. The van der Waals surface area contributed by atoms with Gasteiger partial charge < -0.3 is 4.52 Å². The molecule has 0 amide bonds. The van der Waals surface area contributed by atoms with E-state index in [9.17, 15) is 8.78 Å². The molecule has 1 aromatic heterocycles. The normalized spacial score (nSPS) is 31.9. The van der Waals surface area contributed by atoms with Gasteiger partial charge in [-0.05, 0) is 26.3 Å². The minimum atomic E-state index is -2.44. The van der Waals surface area contributed by atoms with Gasteiger partial charge in [0.15, 0.2) is 0 Å². The minimum absolute atomic E-state index is 0.0638. The SMILES string of the molecule is Cc1cc(CN2CCCC3(C2)CC3(F)F)no1. The summed E-state index contributed by atoms with van der Waals surface area (Å²) in [5.74, 6) is -1.67. The van der Waals surface area contributed by atoms with Crippen molar-refractivity contribution < 1.29 is 13.3 Å². The summed E-state index contributed by atoms with van der Waals surface area (Å²) < 4.78 is 31.6. The fraction of sp³-hybridized carbons (Fsp3) is 0.750. The Labute approximate surface area is 98.8 Å². The fourth-order valence-corrected chi connectivity index (χ4v) is 2.91. The van der Waals surface area contributed by atoms with E-state index in [0.717, 1.165) is 24.4 Å². The maximum atomic E-state index is 13.3. The molecule has 1 atom stereocenters. The average Bonchev–Trinajstić information content (AvgIpc) is 2.56. The van der Waals surface area contributed by atoms with Crippen molar-refractivity contribution in [2.24, 2.45) is 5.41 Å². The Hall–Kier alpha value is -0.970. The van der Waals surface area contributed by atoms with Gasteiger partial charge in [0.05, 0.1) is 11.1 Å². The summed E-state index contributed by atoms with van der Waals surface area (Å²) in [6.07, 6.45) is 1.58. The highest BCUT2D eigenvalue weighted by Crippen LogP contribution is 2.64. The van der Waals surface area contributed by atoms with Crippen LogP contribution in [-0.4, -0.2) is 29.1 Å². The number of hydrogen-bond donors (Lipinski definition) is 0. The van der Waals surface area contributed by atoms with Gasteiger partial charge in [-0.1, -0.05) is 5.16 Å². The molecule has 0 N–H and O–H groups in total. The molecule has 2 fully saturated rings. The lowest BCUT2D eigenvalue weighted by Crippen LogP contribution is -2.38. The van der Waals surface area contributed by atoms with E-state index in [0.29, 0.717) is 19.5 Å². The molecule has 2 aliphatic rings. The number of piperidine rings is 1. The predicted octanol–water partition coefficient (Wildman–Crippen LogP) is 2.60. The average molecular weight is 242 g/mol. The van der Waals surface area contributed by atoms with Crippen LogP contribution in [0.1, 0.15) is 30.7 Å². The van der Waals surface area contributed by atoms with E-state index in [1.165, 1.54) is 0 Å². The quantitative estimate of drug-likeness (QED) is 0.798. The van der Waals surface area contributed by atoms with Crippen molar-refractivity contribution in [3.05, 3.63) is 17.5 Å². The molecule has 1 spiro atoms. The Morgan fingerprint density at radius 2 is 2.29 bits per heavy atom. The molecule has 0 aromatic carbocycles. The second-order valence-electron chi connectivity index (χ2n) is 5.40. The fourth-order valence-electron chi connectivity index (χ4n) is 2.91. The van der Waals surface area contributed by atoms with E-state index in [1.54, 1.807) is 0 Å². The number of rotatable bonds is 2. The van der Waals surface area contributed by atoms with Crippen LogP contribution in [-0.2, 0) is 6.54 Å². The number of halogens is 2. The Balaban J connectivity index is 1.65. The molecule has 1 saturated carbocycles. The molecule has 1 aliphatic carbocycles. The molecule has 3 rings (SSSR count). The van der Waals surface area contributed by atoms with Crippen LogP contribution in [0.15, 0.2) is 10.6 Å². The minimum Gasteiger partial charge on any atom is -0.361 e. The smallest absolute Gasteiger partial charge is 0.255 e. The van der Waals surface area contributed by atoms with Crippen LogP contribution in [0.5, 0.6) is 0 Å². The van der Waals surface area contributed by atoms with Crippen molar-refractivity contribution in [1.29, 1.82) is 0 Å². The van der Waals surface area contributed by atoms with Gasteiger partial charge in [0.2, 0.25) is 0 Å². The first-order valence-corrected chi connectivity index (χ1v) is 6.03. The zero-order valence-corrected chi connectivity index (χ0v) is 9.88. The van der Waals surface area contributed by atoms with Gasteiger partial charge in [0, 0.05) is 25.6 Å². The molecular weight excluding hydrogens is 226 g/mol. The molecule has 3 nitrogen and oxygen atoms in total. The molecule has 0 bridgehead atoms. The zero-order chi connectivity index (χ0) is 12.1. The lowest BCUT2D eigenvalue weighted by atomic mass is 9.94. The van der Waals surface area contributed by atoms with E-state index >= 15 is 0 Å². The second kappa shape index (κ2) is 3.51. The standard InChI is InChI=1S/C12H16F2N2O/c1-9-5-10(15-17-9)6-16-4-2-3-11(8-16)7-12(11,13)14/h5H,2-4,6-8H2,1H3. The van der Waals surface area contributed by atoms with Gasteiger partial charge in [-0.2, -0.15) is 0 Å². The number of hydrogen-bond acceptors (Lipinski definition) is 3. The van der Waals surface area contributed by atoms with Crippen LogP contribution in [0.2, 0.25) is 0 Å².